The molecule has 2 heterocycles. The van der Waals surface area contributed by atoms with Gasteiger partial charge in [-0.3, -0.25) is 4.79 Å². The van der Waals surface area contributed by atoms with Crippen molar-refractivity contribution in [1.82, 2.24) is 20.2 Å². The molecule has 0 bridgehead atoms. The van der Waals surface area contributed by atoms with Crippen LogP contribution in [0, 0.1) is 0 Å². The highest BCUT2D eigenvalue weighted by Gasteiger charge is 2.18. The van der Waals surface area contributed by atoms with Crippen molar-refractivity contribution >= 4 is 40.6 Å². The number of halogens is 1. The van der Waals surface area contributed by atoms with Crippen molar-refractivity contribution < 1.29 is 23.7 Å². The number of carbonyl (C=O) groups is 1. The lowest BCUT2D eigenvalue weighted by molar-refractivity contribution is -0.0327. The molecule has 0 fully saturated rings. The van der Waals surface area contributed by atoms with E-state index >= 15 is 0 Å². The van der Waals surface area contributed by atoms with E-state index in [-0.39, 0.29) is 5.91 Å². The Morgan fingerprint density at radius 1 is 1.00 bits per heavy atom. The number of methoxy groups -OCH3 is 3. The van der Waals surface area contributed by atoms with Gasteiger partial charge in [0.05, 0.1) is 38.4 Å². The maximum Gasteiger partial charge on any atom is 0.251 e. The molecule has 11 nitrogen and oxygen atoms in total. The maximum absolute atomic E-state index is 12.0. The number of benzene rings is 2. The van der Waals surface area contributed by atoms with E-state index in [9.17, 15) is 4.79 Å². The maximum atomic E-state index is 12.0. The lowest BCUT2D eigenvalue weighted by Gasteiger charge is -2.19. The largest absolute Gasteiger partial charge is 0.495 e. The molecule has 3 aromatic rings. The molecular weight excluding hydrogens is 548 g/mol. The third-order valence-corrected chi connectivity index (χ3v) is 7.09. The van der Waals surface area contributed by atoms with Gasteiger partial charge >= 0.3 is 0 Å². The van der Waals surface area contributed by atoms with Crippen LogP contribution in [0.1, 0.15) is 27.9 Å². The van der Waals surface area contributed by atoms with Crippen molar-refractivity contribution in [2.75, 3.05) is 72.0 Å². The van der Waals surface area contributed by atoms with Gasteiger partial charge in [0, 0.05) is 39.4 Å². The Hall–Kier alpha value is -3.64. The van der Waals surface area contributed by atoms with Crippen LogP contribution in [-0.4, -0.2) is 82.2 Å². The van der Waals surface area contributed by atoms with E-state index in [1.165, 1.54) is 24.4 Å². The monoisotopic (exact) mass is 584 g/mol. The third kappa shape index (κ3) is 7.98. The summed E-state index contributed by atoms with van der Waals surface area (Å²) in [5, 5.41) is 9.42. The number of nitrogens with one attached hydrogen (secondary N) is 3. The van der Waals surface area contributed by atoms with E-state index in [1.807, 2.05) is 0 Å². The minimum atomic E-state index is -0.212. The number of aromatic nitrogens is 2. The van der Waals surface area contributed by atoms with Crippen LogP contribution in [-0.2, 0) is 22.3 Å². The Balaban J connectivity index is 1.48. The normalized spacial score (nSPS) is 13.2. The molecule has 0 unspecified atom stereocenters. The van der Waals surface area contributed by atoms with E-state index in [4.69, 9.17) is 30.5 Å². The smallest absolute Gasteiger partial charge is 0.251 e. The molecule has 4 rings (SSSR count). The fourth-order valence-corrected chi connectivity index (χ4v) is 4.81. The molecular formula is C29H37ClN6O5. The van der Waals surface area contributed by atoms with Crippen LogP contribution in [0.15, 0.2) is 36.5 Å². The molecule has 41 heavy (non-hydrogen) atoms. The van der Waals surface area contributed by atoms with Crippen molar-refractivity contribution in [2.24, 2.45) is 0 Å². The Bertz CT molecular complexity index is 1340. The number of hydrogen-bond acceptors (Lipinski definition) is 10. The van der Waals surface area contributed by atoms with E-state index in [0.29, 0.717) is 52.9 Å². The molecule has 1 amide bonds. The van der Waals surface area contributed by atoms with Crippen LogP contribution in [0.5, 0.6) is 11.5 Å². The molecule has 0 atom stereocenters. The van der Waals surface area contributed by atoms with E-state index in [0.717, 1.165) is 44.6 Å². The summed E-state index contributed by atoms with van der Waals surface area (Å²) in [6.07, 6.45) is 4.35. The van der Waals surface area contributed by atoms with Gasteiger partial charge in [0.2, 0.25) is 5.95 Å². The Labute approximate surface area is 245 Å². The molecule has 1 aliphatic rings. The number of rotatable bonds is 13. The van der Waals surface area contributed by atoms with E-state index < -0.39 is 0 Å². The fraction of sp³-hybridized carbons (Fsp3) is 0.414. The molecule has 1 aliphatic heterocycles. The number of anilines is 4. The van der Waals surface area contributed by atoms with Crippen molar-refractivity contribution in [2.45, 2.75) is 19.3 Å². The highest BCUT2D eigenvalue weighted by atomic mass is 35.5. The van der Waals surface area contributed by atoms with Gasteiger partial charge < -0.3 is 39.8 Å². The fourth-order valence-electron chi connectivity index (χ4n) is 4.67. The molecule has 0 aliphatic carbocycles. The standard InChI is InChI=1S/C29H37ClN6O5/c1-31-28(37)21-6-7-23(25(16-21)39-3)33-27-22(30)17-32-29(35-27)34-24-14-19-8-11-36(10-5-13-41-18-38-2)12-9-20(19)15-26(24)40-4/h6-7,14-17H,5,8-13,18H2,1-4H3,(H,31,37)(H2,32,33,34,35). The minimum Gasteiger partial charge on any atom is -0.495 e. The summed E-state index contributed by atoms with van der Waals surface area (Å²) in [7, 11) is 6.39. The summed E-state index contributed by atoms with van der Waals surface area (Å²) < 4.78 is 21.6. The minimum absolute atomic E-state index is 0.212. The number of nitrogens with zero attached hydrogens (tertiary/aromatic N) is 3. The second-order valence-corrected chi connectivity index (χ2v) is 9.87. The first kappa shape index (κ1) is 30.3. The first-order valence-electron chi connectivity index (χ1n) is 13.4. The summed E-state index contributed by atoms with van der Waals surface area (Å²) in [5.74, 6) is 1.71. The lowest BCUT2D eigenvalue weighted by Crippen LogP contribution is -2.28. The van der Waals surface area contributed by atoms with Gasteiger partial charge in [0.1, 0.15) is 23.3 Å². The van der Waals surface area contributed by atoms with Crippen LogP contribution >= 0.6 is 11.6 Å². The zero-order chi connectivity index (χ0) is 29.2. The molecule has 0 saturated heterocycles. The molecule has 0 spiro atoms. The van der Waals surface area contributed by atoms with E-state index in [2.05, 4.69) is 43.0 Å². The number of carbonyl (C=O) groups excluding carboxylic acids is 1. The highest BCUT2D eigenvalue weighted by Crippen LogP contribution is 2.34. The van der Waals surface area contributed by atoms with Gasteiger partial charge in [0.25, 0.3) is 5.91 Å². The number of hydrogen-bond donors (Lipinski definition) is 3. The van der Waals surface area contributed by atoms with Crippen LogP contribution in [0.25, 0.3) is 0 Å². The molecule has 0 radical (unpaired) electrons. The number of amides is 1. The summed E-state index contributed by atoms with van der Waals surface area (Å²) in [5.41, 5.74) is 4.38. The van der Waals surface area contributed by atoms with Crippen molar-refractivity contribution in [3.05, 3.63) is 58.2 Å². The van der Waals surface area contributed by atoms with Gasteiger partial charge in [0.15, 0.2) is 5.82 Å². The van der Waals surface area contributed by atoms with Crippen molar-refractivity contribution in [1.29, 1.82) is 0 Å². The Morgan fingerprint density at radius 3 is 2.44 bits per heavy atom. The third-order valence-electron chi connectivity index (χ3n) is 6.82. The number of fused-ring (bicyclic) bond motifs is 1. The average Bonchev–Trinajstić information content (AvgIpc) is 3.19. The Morgan fingerprint density at radius 2 is 1.73 bits per heavy atom. The lowest BCUT2D eigenvalue weighted by atomic mass is 10.0. The van der Waals surface area contributed by atoms with Crippen LogP contribution in [0.2, 0.25) is 5.02 Å². The van der Waals surface area contributed by atoms with Crippen molar-refractivity contribution in [3.8, 4) is 11.5 Å². The molecule has 220 valence electrons. The molecule has 2 aromatic carbocycles. The van der Waals surface area contributed by atoms with Gasteiger partial charge in [-0.2, -0.15) is 4.98 Å². The SMILES string of the molecule is CNC(=O)c1ccc(Nc2nc(Nc3cc4c(cc3OC)CCN(CCCOCOC)CC4)ncc2Cl)c(OC)c1. The molecule has 3 N–H and O–H groups in total. The second kappa shape index (κ2) is 14.8. The summed E-state index contributed by atoms with van der Waals surface area (Å²) in [6.45, 7) is 3.94. The zero-order valence-corrected chi connectivity index (χ0v) is 24.6. The quantitative estimate of drug-likeness (QED) is 0.197. The molecule has 0 saturated carbocycles. The predicted octanol–water partition coefficient (Wildman–Crippen LogP) is 4.41. The average molecular weight is 585 g/mol. The second-order valence-electron chi connectivity index (χ2n) is 9.47. The van der Waals surface area contributed by atoms with Gasteiger partial charge in [-0.05, 0) is 60.7 Å². The highest BCUT2D eigenvalue weighted by molar-refractivity contribution is 6.33. The summed E-state index contributed by atoms with van der Waals surface area (Å²) in [4.78, 5) is 23.5. The van der Waals surface area contributed by atoms with Crippen LogP contribution in [0.3, 0.4) is 0 Å². The van der Waals surface area contributed by atoms with Crippen LogP contribution < -0.4 is 25.4 Å². The first-order chi connectivity index (χ1) is 19.9. The Kier molecular flexibility index (Phi) is 11.0. The summed E-state index contributed by atoms with van der Waals surface area (Å²) in [6, 6.07) is 9.28. The van der Waals surface area contributed by atoms with Crippen molar-refractivity contribution in [3.63, 3.8) is 0 Å². The first-order valence-corrected chi connectivity index (χ1v) is 13.8. The van der Waals surface area contributed by atoms with E-state index in [1.54, 1.807) is 39.5 Å². The van der Waals surface area contributed by atoms with Crippen LogP contribution in [0.4, 0.5) is 23.1 Å². The van der Waals surface area contributed by atoms with Gasteiger partial charge in [-0.1, -0.05) is 11.6 Å². The van der Waals surface area contributed by atoms with Gasteiger partial charge in [-0.25, -0.2) is 4.98 Å². The zero-order valence-electron chi connectivity index (χ0n) is 23.9. The molecule has 1 aromatic heterocycles. The summed E-state index contributed by atoms with van der Waals surface area (Å²) >= 11 is 6.43. The van der Waals surface area contributed by atoms with Gasteiger partial charge in [-0.15, -0.1) is 0 Å². The molecule has 12 heteroatoms. The predicted molar refractivity (Wildman–Crippen MR) is 159 cm³/mol. The topological polar surface area (TPSA) is 119 Å². The number of ether oxygens (including phenoxy) is 4.